The standard InChI is InChI=1S/C13H11N3O3/c1-2-15-9-5-3-4-6-10(9)16-7-8(13(18)19)14-11(16)12(15)17/h3-7H,2H2,1H3,(H,18,19). The molecule has 3 aromatic rings. The Morgan fingerprint density at radius 1 is 1.32 bits per heavy atom. The maximum absolute atomic E-state index is 12.3. The number of aromatic carboxylic acids is 1. The number of carboxylic acid groups (broad SMARTS) is 1. The first kappa shape index (κ1) is 11.5. The van der Waals surface area contributed by atoms with Crippen molar-refractivity contribution in [3.63, 3.8) is 0 Å². The van der Waals surface area contributed by atoms with Crippen LogP contribution in [0.5, 0.6) is 0 Å². The van der Waals surface area contributed by atoms with E-state index in [1.165, 1.54) is 10.6 Å². The smallest absolute Gasteiger partial charge is 0.356 e. The molecule has 0 saturated carbocycles. The van der Waals surface area contributed by atoms with Gasteiger partial charge < -0.3 is 9.67 Å². The Morgan fingerprint density at radius 2 is 2.00 bits per heavy atom. The minimum absolute atomic E-state index is 0.129. The van der Waals surface area contributed by atoms with Crippen LogP contribution in [0.1, 0.15) is 17.4 Å². The van der Waals surface area contributed by atoms with Crippen LogP contribution in [0.4, 0.5) is 0 Å². The lowest BCUT2D eigenvalue weighted by Gasteiger charge is -2.09. The van der Waals surface area contributed by atoms with Gasteiger partial charge in [0.1, 0.15) is 0 Å². The van der Waals surface area contributed by atoms with Gasteiger partial charge in [-0.15, -0.1) is 0 Å². The van der Waals surface area contributed by atoms with Crippen molar-refractivity contribution in [3.05, 3.63) is 46.5 Å². The van der Waals surface area contributed by atoms with Gasteiger partial charge in [-0.1, -0.05) is 12.1 Å². The Bertz CT molecular complexity index is 861. The Hall–Kier alpha value is -2.63. The minimum atomic E-state index is -1.14. The zero-order valence-corrected chi connectivity index (χ0v) is 10.2. The van der Waals surface area contributed by atoms with Gasteiger partial charge in [0.15, 0.2) is 5.69 Å². The average Bonchev–Trinajstić information content (AvgIpc) is 2.85. The summed E-state index contributed by atoms with van der Waals surface area (Å²) in [5.41, 5.74) is 1.25. The SMILES string of the molecule is CCn1c(=O)c2nc(C(=O)O)cn2c2ccccc21. The van der Waals surface area contributed by atoms with E-state index in [0.29, 0.717) is 6.54 Å². The van der Waals surface area contributed by atoms with Gasteiger partial charge in [0.05, 0.1) is 11.0 Å². The van der Waals surface area contributed by atoms with Crippen LogP contribution in [0.15, 0.2) is 35.3 Å². The van der Waals surface area contributed by atoms with Crippen LogP contribution >= 0.6 is 0 Å². The Balaban J connectivity index is 2.59. The van der Waals surface area contributed by atoms with Crippen molar-refractivity contribution in [1.82, 2.24) is 14.0 Å². The number of rotatable bonds is 2. The summed E-state index contributed by atoms with van der Waals surface area (Å²) in [4.78, 5) is 27.2. The summed E-state index contributed by atoms with van der Waals surface area (Å²) in [6.45, 7) is 2.37. The van der Waals surface area contributed by atoms with E-state index in [-0.39, 0.29) is 16.9 Å². The molecule has 6 nitrogen and oxygen atoms in total. The van der Waals surface area contributed by atoms with E-state index < -0.39 is 5.97 Å². The lowest BCUT2D eigenvalue weighted by molar-refractivity contribution is 0.0691. The van der Waals surface area contributed by atoms with Crippen LogP contribution in [0, 0.1) is 0 Å². The van der Waals surface area contributed by atoms with Gasteiger partial charge in [-0.3, -0.25) is 9.20 Å². The summed E-state index contributed by atoms with van der Waals surface area (Å²) in [5.74, 6) is -1.14. The topological polar surface area (TPSA) is 76.6 Å². The molecule has 0 aliphatic heterocycles. The third-order valence-electron chi connectivity index (χ3n) is 3.11. The Labute approximate surface area is 107 Å². The van der Waals surface area contributed by atoms with E-state index in [4.69, 9.17) is 5.11 Å². The third kappa shape index (κ3) is 1.53. The molecule has 0 atom stereocenters. The third-order valence-corrected chi connectivity index (χ3v) is 3.11. The van der Waals surface area contributed by atoms with E-state index in [9.17, 15) is 9.59 Å². The number of aromatic nitrogens is 3. The van der Waals surface area contributed by atoms with Crippen molar-refractivity contribution >= 4 is 22.6 Å². The molecule has 0 unspecified atom stereocenters. The summed E-state index contributed by atoms with van der Waals surface area (Å²) >= 11 is 0. The number of hydrogen-bond donors (Lipinski definition) is 1. The van der Waals surface area contributed by atoms with E-state index in [0.717, 1.165) is 11.0 Å². The largest absolute Gasteiger partial charge is 0.476 e. The van der Waals surface area contributed by atoms with Crippen molar-refractivity contribution in [2.75, 3.05) is 0 Å². The van der Waals surface area contributed by atoms with Gasteiger partial charge >= 0.3 is 5.97 Å². The highest BCUT2D eigenvalue weighted by Gasteiger charge is 2.15. The van der Waals surface area contributed by atoms with E-state index in [1.807, 2.05) is 31.2 Å². The fourth-order valence-electron chi connectivity index (χ4n) is 2.26. The minimum Gasteiger partial charge on any atom is -0.476 e. The predicted molar refractivity (Wildman–Crippen MR) is 69.6 cm³/mol. The molecule has 0 bridgehead atoms. The number of aryl methyl sites for hydroxylation is 1. The highest BCUT2D eigenvalue weighted by Crippen LogP contribution is 2.15. The Kier molecular flexibility index (Phi) is 2.38. The molecule has 0 radical (unpaired) electrons. The Morgan fingerprint density at radius 3 is 2.63 bits per heavy atom. The normalized spacial score (nSPS) is 11.2. The molecule has 1 aromatic carbocycles. The first-order chi connectivity index (χ1) is 9.13. The van der Waals surface area contributed by atoms with Gasteiger partial charge in [0.2, 0.25) is 5.65 Å². The monoisotopic (exact) mass is 257 g/mol. The maximum atomic E-state index is 12.3. The molecule has 6 heteroatoms. The van der Waals surface area contributed by atoms with Crippen LogP contribution in [-0.2, 0) is 6.54 Å². The highest BCUT2D eigenvalue weighted by molar-refractivity contribution is 5.87. The van der Waals surface area contributed by atoms with Crippen LogP contribution in [-0.4, -0.2) is 25.0 Å². The second-order valence-corrected chi connectivity index (χ2v) is 4.16. The first-order valence-electron chi connectivity index (χ1n) is 5.87. The molecule has 1 N–H and O–H groups in total. The number of hydrogen-bond acceptors (Lipinski definition) is 3. The summed E-state index contributed by atoms with van der Waals surface area (Å²) < 4.78 is 3.12. The van der Waals surface area contributed by atoms with Crippen molar-refractivity contribution in [1.29, 1.82) is 0 Å². The zero-order valence-electron chi connectivity index (χ0n) is 10.2. The zero-order chi connectivity index (χ0) is 13.6. The van der Waals surface area contributed by atoms with E-state index >= 15 is 0 Å². The average molecular weight is 257 g/mol. The molecule has 0 aliphatic carbocycles. The molecule has 19 heavy (non-hydrogen) atoms. The number of fused-ring (bicyclic) bond motifs is 3. The lowest BCUT2D eigenvalue weighted by atomic mass is 10.3. The summed E-state index contributed by atoms with van der Waals surface area (Å²) in [6.07, 6.45) is 1.38. The lowest BCUT2D eigenvalue weighted by Crippen LogP contribution is -2.22. The van der Waals surface area contributed by atoms with E-state index in [1.54, 1.807) is 4.57 Å². The van der Waals surface area contributed by atoms with Gasteiger partial charge in [0, 0.05) is 12.7 Å². The number of para-hydroxylation sites is 2. The number of benzene rings is 1. The quantitative estimate of drug-likeness (QED) is 0.752. The maximum Gasteiger partial charge on any atom is 0.356 e. The van der Waals surface area contributed by atoms with Crippen LogP contribution < -0.4 is 5.56 Å². The van der Waals surface area contributed by atoms with Gasteiger partial charge in [0.25, 0.3) is 5.56 Å². The molecular weight excluding hydrogens is 246 g/mol. The van der Waals surface area contributed by atoms with Crippen molar-refractivity contribution in [3.8, 4) is 0 Å². The van der Waals surface area contributed by atoms with Gasteiger partial charge in [-0.2, -0.15) is 0 Å². The number of carboxylic acids is 1. The molecule has 0 spiro atoms. The van der Waals surface area contributed by atoms with Crippen molar-refractivity contribution < 1.29 is 9.90 Å². The van der Waals surface area contributed by atoms with Crippen molar-refractivity contribution in [2.24, 2.45) is 0 Å². The van der Waals surface area contributed by atoms with E-state index in [2.05, 4.69) is 4.98 Å². The van der Waals surface area contributed by atoms with Crippen molar-refractivity contribution in [2.45, 2.75) is 13.5 Å². The second-order valence-electron chi connectivity index (χ2n) is 4.16. The molecule has 96 valence electrons. The molecule has 0 fully saturated rings. The summed E-state index contributed by atoms with van der Waals surface area (Å²) in [5, 5.41) is 8.99. The fourth-order valence-corrected chi connectivity index (χ4v) is 2.26. The predicted octanol–water partition coefficient (Wildman–Crippen LogP) is 1.37. The fraction of sp³-hybridized carbons (Fsp3) is 0.154. The number of nitrogens with zero attached hydrogens (tertiary/aromatic N) is 3. The summed E-state index contributed by atoms with van der Waals surface area (Å²) in [6, 6.07) is 7.35. The second kappa shape index (κ2) is 3.94. The molecule has 0 amide bonds. The van der Waals surface area contributed by atoms with Gasteiger partial charge in [-0.05, 0) is 19.1 Å². The molecule has 2 heterocycles. The molecule has 0 saturated heterocycles. The number of carbonyl (C=O) groups is 1. The molecular formula is C13H11N3O3. The summed E-state index contributed by atoms with van der Waals surface area (Å²) in [7, 11) is 0. The van der Waals surface area contributed by atoms with Crippen LogP contribution in [0.25, 0.3) is 16.7 Å². The first-order valence-corrected chi connectivity index (χ1v) is 5.87. The number of imidazole rings is 1. The van der Waals surface area contributed by atoms with Crippen LogP contribution in [0.3, 0.4) is 0 Å². The molecule has 3 rings (SSSR count). The highest BCUT2D eigenvalue weighted by atomic mass is 16.4. The molecule has 2 aromatic heterocycles. The van der Waals surface area contributed by atoms with Crippen LogP contribution in [0.2, 0.25) is 0 Å². The van der Waals surface area contributed by atoms with Gasteiger partial charge in [-0.25, -0.2) is 9.78 Å². The molecule has 0 aliphatic rings.